The fourth-order valence-electron chi connectivity index (χ4n) is 6.29. The second kappa shape index (κ2) is 14.5. The Morgan fingerprint density at radius 3 is 1.66 bits per heavy atom. The molecular weight excluding hydrogens is 629 g/mol. The van der Waals surface area contributed by atoms with Gasteiger partial charge in [-0.1, -0.05) is 97.1 Å². The normalized spacial score (nSPS) is 12.0. The van der Waals surface area contributed by atoms with E-state index in [2.05, 4.69) is 162 Å². The van der Waals surface area contributed by atoms with Crippen LogP contribution in [0.25, 0.3) is 21.5 Å². The predicted molar refractivity (Wildman–Crippen MR) is 213 cm³/mol. The first-order valence-electron chi connectivity index (χ1n) is 16.6. The molecule has 0 radical (unpaired) electrons. The average Bonchev–Trinajstić information content (AvgIpc) is 3.58. The second-order valence-corrected chi connectivity index (χ2v) is 13.1. The van der Waals surface area contributed by atoms with E-state index < -0.39 is 0 Å². The van der Waals surface area contributed by atoms with Crippen LogP contribution in [-0.2, 0) is 0 Å². The van der Waals surface area contributed by atoms with Gasteiger partial charge < -0.3 is 9.80 Å². The van der Waals surface area contributed by atoms with Crippen molar-refractivity contribution < 1.29 is 4.58 Å². The van der Waals surface area contributed by atoms with Crippen LogP contribution >= 0.6 is 11.3 Å². The molecule has 1 aliphatic carbocycles. The Morgan fingerprint density at radius 2 is 1.10 bits per heavy atom. The molecule has 0 aliphatic heterocycles. The molecule has 50 heavy (non-hydrogen) atoms. The van der Waals surface area contributed by atoms with Gasteiger partial charge in [-0.3, -0.25) is 0 Å². The lowest BCUT2D eigenvalue weighted by molar-refractivity contribution is -0.403. The minimum absolute atomic E-state index is 0.654. The summed E-state index contributed by atoms with van der Waals surface area (Å²) in [6.07, 6.45) is 8.78. The number of hydrogen-bond donors (Lipinski definition) is 0. The van der Waals surface area contributed by atoms with Gasteiger partial charge in [0.1, 0.15) is 12.0 Å². The molecule has 0 unspecified atom stereocenters. The Hall–Kier alpha value is -6.22. The van der Waals surface area contributed by atoms with Gasteiger partial charge in [0.25, 0.3) is 0 Å². The Kier molecular flexibility index (Phi) is 9.37. The molecule has 1 heterocycles. The summed E-state index contributed by atoms with van der Waals surface area (Å²) in [6.45, 7) is 8.49. The lowest BCUT2D eigenvalue weighted by Gasteiger charge is -2.21. The van der Waals surface area contributed by atoms with E-state index in [-0.39, 0.29) is 0 Å². The third-order valence-corrected chi connectivity index (χ3v) is 10.4. The Labute approximate surface area is 299 Å². The molecule has 0 N–H and O–H groups in total. The minimum Gasteiger partial charge on any atom is -0.345 e. The van der Waals surface area contributed by atoms with Crippen LogP contribution in [0.15, 0.2) is 175 Å². The number of benzene rings is 5. The van der Waals surface area contributed by atoms with Crippen LogP contribution in [0.3, 0.4) is 0 Å². The molecule has 0 saturated carbocycles. The highest BCUT2D eigenvalue weighted by molar-refractivity contribution is 7.18. The summed E-state index contributed by atoms with van der Waals surface area (Å²) in [5.74, 6) is 0. The number of allylic oxidation sites excluding steroid dienone is 5. The van der Waals surface area contributed by atoms with E-state index in [9.17, 15) is 0 Å². The van der Waals surface area contributed by atoms with Crippen molar-refractivity contribution in [3.05, 3.63) is 197 Å². The van der Waals surface area contributed by atoms with Gasteiger partial charge in [-0.2, -0.15) is 4.58 Å². The molecule has 5 aromatic carbocycles. The molecule has 1 aliphatic rings. The van der Waals surface area contributed by atoms with Crippen LogP contribution in [0.1, 0.15) is 10.4 Å². The first kappa shape index (κ1) is 32.3. The van der Waals surface area contributed by atoms with E-state index >= 15 is 0 Å². The molecule has 0 bridgehead atoms. The quantitative estimate of drug-likeness (QED) is 0.119. The maximum Gasteiger partial charge on any atom is 0.229 e. The van der Waals surface area contributed by atoms with Crippen LogP contribution in [0.5, 0.6) is 0 Å². The van der Waals surface area contributed by atoms with E-state index in [1.807, 2.05) is 48.5 Å². The molecule has 6 aromatic rings. The van der Waals surface area contributed by atoms with Crippen LogP contribution in [-0.4, -0.2) is 31.4 Å². The van der Waals surface area contributed by atoms with Crippen molar-refractivity contribution >= 4 is 56.1 Å². The maximum absolute atomic E-state index is 8.49. The zero-order valence-corrected chi connectivity index (χ0v) is 29.2. The van der Waals surface area contributed by atoms with Gasteiger partial charge >= 0.3 is 0 Å². The summed E-state index contributed by atoms with van der Waals surface area (Å²) >= 11 is 1.68. The molecule has 7 rings (SSSR count). The van der Waals surface area contributed by atoms with Gasteiger partial charge in [0.2, 0.25) is 17.1 Å². The van der Waals surface area contributed by atoms with Gasteiger partial charge in [0.15, 0.2) is 0 Å². The van der Waals surface area contributed by atoms with E-state index in [0.717, 1.165) is 66.2 Å². The van der Waals surface area contributed by atoms with Crippen molar-refractivity contribution in [2.75, 3.05) is 30.9 Å². The summed E-state index contributed by atoms with van der Waals surface area (Å²) in [6, 6.07) is 50.2. The highest BCUT2D eigenvalue weighted by Gasteiger charge is 2.27. The van der Waals surface area contributed by atoms with Crippen LogP contribution in [0.4, 0.5) is 33.4 Å². The smallest absolute Gasteiger partial charge is 0.229 e. The summed E-state index contributed by atoms with van der Waals surface area (Å²) in [5, 5.41) is 0.915. The number of para-hydroxylation sites is 3. The monoisotopic (exact) mass is 665 g/mol. The molecule has 0 saturated heterocycles. The number of anilines is 4. The van der Waals surface area contributed by atoms with Gasteiger partial charge in [-0.25, -0.2) is 4.85 Å². The predicted octanol–water partition coefficient (Wildman–Crippen LogP) is 11.8. The van der Waals surface area contributed by atoms with Gasteiger partial charge in [0, 0.05) is 71.5 Å². The van der Waals surface area contributed by atoms with Crippen LogP contribution in [0, 0.1) is 6.57 Å². The fourth-order valence-corrected chi connectivity index (χ4v) is 7.63. The topological polar surface area (TPSA) is 13.8 Å². The van der Waals surface area contributed by atoms with Crippen molar-refractivity contribution in [2.24, 2.45) is 0 Å². The highest BCUT2D eigenvalue weighted by Crippen LogP contribution is 2.53. The lowest BCUT2D eigenvalue weighted by Crippen LogP contribution is -2.10. The van der Waals surface area contributed by atoms with Crippen molar-refractivity contribution in [1.29, 1.82) is 0 Å². The first-order valence-corrected chi connectivity index (χ1v) is 17.4. The van der Waals surface area contributed by atoms with Crippen molar-refractivity contribution in [3.63, 3.8) is 0 Å². The minimum atomic E-state index is 0.654. The first-order chi connectivity index (χ1) is 24.5. The van der Waals surface area contributed by atoms with Crippen molar-refractivity contribution in [2.45, 2.75) is 0 Å². The van der Waals surface area contributed by atoms with E-state index in [1.165, 1.54) is 0 Å². The van der Waals surface area contributed by atoms with Gasteiger partial charge in [-0.05, 0) is 65.3 Å². The number of thiophene rings is 1. The average molecular weight is 666 g/mol. The van der Waals surface area contributed by atoms with E-state index in [0.29, 0.717) is 5.69 Å². The summed E-state index contributed by atoms with van der Waals surface area (Å²) in [5.41, 5.74) is 11.4. The Morgan fingerprint density at radius 1 is 0.600 bits per heavy atom. The molecule has 0 amide bonds. The molecule has 4 nitrogen and oxygen atoms in total. The van der Waals surface area contributed by atoms with Gasteiger partial charge in [-0.15, -0.1) is 11.3 Å². The van der Waals surface area contributed by atoms with E-state index in [1.54, 1.807) is 11.3 Å². The molecule has 0 fully saturated rings. The molecule has 0 spiro atoms. The van der Waals surface area contributed by atoms with E-state index in [4.69, 9.17) is 6.57 Å². The summed E-state index contributed by atoms with van der Waals surface area (Å²) in [4.78, 5) is 9.62. The fraction of sp³-hybridized carbons (Fsp3) is 0.0667. The summed E-state index contributed by atoms with van der Waals surface area (Å²) in [7, 11) is 6.24. The zero-order valence-electron chi connectivity index (χ0n) is 28.4. The molecule has 0 atom stereocenters. The Bertz CT molecular complexity index is 2260. The number of hydrogen-bond acceptors (Lipinski definition) is 3. The maximum atomic E-state index is 8.49. The van der Waals surface area contributed by atoms with Gasteiger partial charge in [0.05, 0.1) is 6.57 Å². The third-order valence-electron chi connectivity index (χ3n) is 9.09. The molecule has 1 aromatic heterocycles. The largest absolute Gasteiger partial charge is 0.345 e. The molecule has 242 valence electrons. The van der Waals surface area contributed by atoms with Crippen LogP contribution < -0.4 is 9.80 Å². The van der Waals surface area contributed by atoms with Crippen molar-refractivity contribution in [1.82, 2.24) is 0 Å². The SMILES string of the molecule is [C-]#[N+]c1c(N(C)c2ccccc2)sc(C(=C2C=CC(=[N+](C)c3ccccc3)C=C2)c2ccc(N(C)c3ccccc3)cc2)c1-c1ccccc1. The van der Waals surface area contributed by atoms with Crippen molar-refractivity contribution in [3.8, 4) is 11.1 Å². The third kappa shape index (κ3) is 6.45. The lowest BCUT2D eigenvalue weighted by atomic mass is 9.91. The highest BCUT2D eigenvalue weighted by atomic mass is 32.1. The second-order valence-electron chi connectivity index (χ2n) is 12.1. The van der Waals surface area contributed by atoms with Crippen LogP contribution in [0.2, 0.25) is 0 Å². The standard InChI is InChI=1S/C45H37N4S/c1-46-43-42(33-17-9-5-10-18-33)44(50-45(43)49(4)38-23-15-8-16-24-38)41(34-25-29-39(30-26-34)47(2)36-19-11-6-12-20-36)35-27-31-40(32-28-35)48(3)37-21-13-7-14-22-37/h5-32H,2-4H3/q+1. The molecular formula is C45H37N4S+. The number of nitrogens with zero attached hydrogens (tertiary/aromatic N) is 4. The number of rotatable bonds is 8. The summed E-state index contributed by atoms with van der Waals surface area (Å²) < 4.78 is 2.20. The zero-order chi connectivity index (χ0) is 34.5. The molecule has 5 heteroatoms. The Balaban J connectivity index is 1.43.